The molecule has 5 heterocycles. The SMILES string of the molecule is Cc1cc(-n2c3ccccc3c3ccc(Oc4cccc(N5CN(C(C)C)c6ccccc65)c4)cc32)ncc1-c1c(-n2c3ccccc3c3ccccc32)cccc1-n1c2ccccc2c2ccccc21. The molecule has 0 aliphatic carbocycles. The lowest BCUT2D eigenvalue weighted by Crippen LogP contribution is -2.33. The second-order valence-corrected chi connectivity index (χ2v) is 19.0. The van der Waals surface area contributed by atoms with E-state index in [9.17, 15) is 0 Å². The maximum absolute atomic E-state index is 6.78. The number of ether oxygens (including phenoxy) is 1. The molecule has 7 heteroatoms. The third-order valence-corrected chi connectivity index (χ3v) is 14.7. The maximum Gasteiger partial charge on any atom is 0.137 e. The molecule has 0 fully saturated rings. The number of rotatable bonds is 8. The Morgan fingerprint density at radius 1 is 0.423 bits per heavy atom. The standard InChI is InChI=1S/C64H48N6O/c1-41(2)66-40-67(59-31-15-14-30-58(59)66)43-18-16-19-44(37-43)71-45-34-35-51-50-24-8-13-29-57(50)70(62(51)38-45)63-36-42(3)52(39-65-63)64-60(68-53-25-9-4-20-46(53)47-21-5-10-26-54(47)68)32-17-33-61(64)69-55-27-11-6-22-48(55)49-23-7-12-28-56(49)69/h4-39,41H,40H2,1-3H3. The monoisotopic (exact) mass is 916 g/mol. The average Bonchev–Trinajstić information content (AvgIpc) is 4.16. The zero-order valence-corrected chi connectivity index (χ0v) is 39.7. The summed E-state index contributed by atoms with van der Waals surface area (Å²) in [5.41, 5.74) is 15.7. The van der Waals surface area contributed by atoms with E-state index in [1.807, 2.05) is 6.07 Å². The second-order valence-electron chi connectivity index (χ2n) is 19.0. The smallest absolute Gasteiger partial charge is 0.137 e. The minimum absolute atomic E-state index is 0.374. The maximum atomic E-state index is 6.78. The van der Waals surface area contributed by atoms with Crippen molar-refractivity contribution in [1.82, 2.24) is 18.7 Å². The summed E-state index contributed by atoms with van der Waals surface area (Å²) in [5, 5.41) is 7.18. The zero-order valence-electron chi connectivity index (χ0n) is 39.7. The highest BCUT2D eigenvalue weighted by Gasteiger charge is 2.29. The second kappa shape index (κ2) is 16.0. The van der Waals surface area contributed by atoms with E-state index in [1.54, 1.807) is 0 Å². The van der Waals surface area contributed by atoms with Crippen LogP contribution >= 0.6 is 0 Å². The van der Waals surface area contributed by atoms with Crippen LogP contribution in [0.15, 0.2) is 219 Å². The summed E-state index contributed by atoms with van der Waals surface area (Å²) in [5.74, 6) is 2.38. The fourth-order valence-electron chi connectivity index (χ4n) is 11.5. The number of aryl methyl sites for hydroxylation is 1. The predicted octanol–water partition coefficient (Wildman–Crippen LogP) is 16.5. The summed E-state index contributed by atoms with van der Waals surface area (Å²) in [6.45, 7) is 7.51. The van der Waals surface area contributed by atoms with Crippen molar-refractivity contribution in [3.05, 3.63) is 224 Å². The molecule has 0 saturated heterocycles. The highest BCUT2D eigenvalue weighted by Crippen LogP contribution is 2.45. The van der Waals surface area contributed by atoms with Crippen LogP contribution in [0.3, 0.4) is 0 Å². The number of pyridine rings is 1. The van der Waals surface area contributed by atoms with Crippen LogP contribution < -0.4 is 14.5 Å². The van der Waals surface area contributed by atoms with Crippen LogP contribution in [-0.2, 0) is 0 Å². The Morgan fingerprint density at radius 2 is 0.887 bits per heavy atom. The van der Waals surface area contributed by atoms with Gasteiger partial charge in [0.05, 0.1) is 62.5 Å². The molecule has 0 atom stereocenters. The van der Waals surface area contributed by atoms with Crippen molar-refractivity contribution in [1.29, 1.82) is 0 Å². The summed E-state index contributed by atoms with van der Waals surface area (Å²) in [4.78, 5) is 10.3. The summed E-state index contributed by atoms with van der Waals surface area (Å²) >= 11 is 0. The summed E-state index contributed by atoms with van der Waals surface area (Å²) in [6, 6.07) is 76.5. The molecule has 0 bridgehead atoms. The first kappa shape index (κ1) is 40.9. The molecule has 71 heavy (non-hydrogen) atoms. The molecule has 0 saturated carbocycles. The van der Waals surface area contributed by atoms with Crippen molar-refractivity contribution in [2.45, 2.75) is 26.8 Å². The Morgan fingerprint density at radius 3 is 1.44 bits per heavy atom. The van der Waals surface area contributed by atoms with E-state index < -0.39 is 0 Å². The molecule has 14 rings (SSSR count). The third kappa shape index (κ3) is 6.32. The largest absolute Gasteiger partial charge is 0.457 e. The first-order valence-corrected chi connectivity index (χ1v) is 24.5. The Balaban J connectivity index is 0.929. The van der Waals surface area contributed by atoms with E-state index in [1.165, 1.54) is 32.9 Å². The van der Waals surface area contributed by atoms with Gasteiger partial charge in [-0.25, -0.2) is 4.98 Å². The number of para-hydroxylation sites is 7. The highest BCUT2D eigenvalue weighted by molar-refractivity contribution is 6.13. The van der Waals surface area contributed by atoms with Crippen LogP contribution in [0, 0.1) is 6.92 Å². The molecule has 0 N–H and O–H groups in total. The normalized spacial score (nSPS) is 12.7. The fraction of sp³-hybridized carbons (Fsp3) is 0.0781. The van der Waals surface area contributed by atoms with Crippen LogP contribution in [-0.4, -0.2) is 31.4 Å². The van der Waals surface area contributed by atoms with E-state index >= 15 is 0 Å². The van der Waals surface area contributed by atoms with Crippen LogP contribution in [0.5, 0.6) is 11.5 Å². The molecule has 0 spiro atoms. The number of nitrogens with zero attached hydrogens (tertiary/aromatic N) is 6. The molecule has 13 aromatic rings. The van der Waals surface area contributed by atoms with Gasteiger partial charge in [0.1, 0.15) is 17.3 Å². The van der Waals surface area contributed by atoms with E-state index in [2.05, 4.69) is 257 Å². The van der Waals surface area contributed by atoms with Crippen molar-refractivity contribution in [2.75, 3.05) is 16.5 Å². The molecule has 4 aromatic heterocycles. The van der Waals surface area contributed by atoms with Gasteiger partial charge in [-0.3, -0.25) is 4.57 Å². The molecule has 9 aromatic carbocycles. The first-order chi connectivity index (χ1) is 35.0. The van der Waals surface area contributed by atoms with Crippen molar-refractivity contribution < 1.29 is 4.74 Å². The molecule has 1 aliphatic heterocycles. The van der Waals surface area contributed by atoms with Gasteiger partial charge in [-0.1, -0.05) is 115 Å². The van der Waals surface area contributed by atoms with E-state index in [-0.39, 0.29) is 0 Å². The lowest BCUT2D eigenvalue weighted by atomic mass is 9.98. The number of hydrogen-bond acceptors (Lipinski definition) is 4. The minimum atomic E-state index is 0.374. The number of benzene rings is 9. The molecule has 0 radical (unpaired) electrons. The van der Waals surface area contributed by atoms with Gasteiger partial charge < -0.3 is 23.7 Å². The van der Waals surface area contributed by atoms with Gasteiger partial charge in [0, 0.05) is 73.5 Å². The van der Waals surface area contributed by atoms with Crippen LogP contribution in [0.25, 0.3) is 93.7 Å². The molecule has 340 valence electrons. The van der Waals surface area contributed by atoms with Gasteiger partial charge in [-0.15, -0.1) is 0 Å². The van der Waals surface area contributed by atoms with Gasteiger partial charge >= 0.3 is 0 Å². The topological polar surface area (TPSA) is 43.4 Å². The number of fused-ring (bicyclic) bond motifs is 10. The quantitative estimate of drug-likeness (QED) is 0.152. The van der Waals surface area contributed by atoms with Crippen LogP contribution in [0.4, 0.5) is 17.1 Å². The van der Waals surface area contributed by atoms with E-state index in [0.29, 0.717) is 6.04 Å². The Hall–Kier alpha value is -9.07. The summed E-state index contributed by atoms with van der Waals surface area (Å²) in [7, 11) is 0. The summed E-state index contributed by atoms with van der Waals surface area (Å²) < 4.78 is 14.0. The predicted molar refractivity (Wildman–Crippen MR) is 295 cm³/mol. The van der Waals surface area contributed by atoms with Gasteiger partial charge in [0.15, 0.2) is 0 Å². The Labute approximate surface area is 411 Å². The lowest BCUT2D eigenvalue weighted by molar-refractivity contribution is 0.483. The number of anilines is 3. The molecular formula is C64H48N6O. The van der Waals surface area contributed by atoms with Gasteiger partial charge in [-0.2, -0.15) is 0 Å². The third-order valence-electron chi connectivity index (χ3n) is 14.7. The molecule has 7 nitrogen and oxygen atoms in total. The number of aromatic nitrogens is 4. The van der Waals surface area contributed by atoms with Gasteiger partial charge in [-0.05, 0) is 111 Å². The first-order valence-electron chi connectivity index (χ1n) is 24.5. The van der Waals surface area contributed by atoms with Crippen LogP contribution in [0.2, 0.25) is 0 Å². The number of hydrogen-bond donors (Lipinski definition) is 0. The van der Waals surface area contributed by atoms with Crippen molar-refractivity contribution in [3.8, 4) is 39.8 Å². The van der Waals surface area contributed by atoms with Crippen molar-refractivity contribution in [3.63, 3.8) is 0 Å². The van der Waals surface area contributed by atoms with Crippen molar-refractivity contribution >= 4 is 82.5 Å². The molecular weight excluding hydrogens is 869 g/mol. The average molecular weight is 917 g/mol. The zero-order chi connectivity index (χ0) is 47.3. The van der Waals surface area contributed by atoms with E-state index in [4.69, 9.17) is 9.72 Å². The summed E-state index contributed by atoms with van der Waals surface area (Å²) in [6.07, 6.45) is 2.10. The van der Waals surface area contributed by atoms with E-state index in [0.717, 1.165) is 102 Å². The van der Waals surface area contributed by atoms with Crippen LogP contribution in [0.1, 0.15) is 19.4 Å². The molecule has 1 aliphatic rings. The highest BCUT2D eigenvalue weighted by atomic mass is 16.5. The molecule has 0 unspecified atom stereocenters. The van der Waals surface area contributed by atoms with Gasteiger partial charge in [0.25, 0.3) is 0 Å². The Kier molecular flexibility index (Phi) is 9.23. The Bertz CT molecular complexity index is 4030. The minimum Gasteiger partial charge on any atom is -0.457 e. The lowest BCUT2D eigenvalue weighted by Gasteiger charge is -2.25. The fourth-order valence-corrected chi connectivity index (χ4v) is 11.5. The molecule has 0 amide bonds. The van der Waals surface area contributed by atoms with Crippen molar-refractivity contribution in [2.24, 2.45) is 0 Å². The van der Waals surface area contributed by atoms with Gasteiger partial charge in [0.2, 0.25) is 0 Å².